The molecule has 24 heavy (non-hydrogen) atoms. The van der Waals surface area contributed by atoms with Gasteiger partial charge in [-0.1, -0.05) is 0 Å². The van der Waals surface area contributed by atoms with E-state index < -0.39 is 17.9 Å². The minimum Gasteiger partial charge on any atom is -0.403 e. The van der Waals surface area contributed by atoms with E-state index in [2.05, 4.69) is 15.4 Å². The van der Waals surface area contributed by atoms with Crippen molar-refractivity contribution in [1.29, 1.82) is 5.41 Å². The molecule has 0 unspecified atom stereocenters. The highest BCUT2D eigenvalue weighted by Gasteiger charge is 2.32. The molecule has 132 valence electrons. The Balaban J connectivity index is 2.05. The van der Waals surface area contributed by atoms with Crippen LogP contribution in [-0.2, 0) is 0 Å². The third kappa shape index (κ3) is 5.41. The number of amidine groups is 1. The summed E-state index contributed by atoms with van der Waals surface area (Å²) in [6.07, 6.45) is -3.40. The number of nitrogens with one attached hydrogen (secondary N) is 3. The van der Waals surface area contributed by atoms with Crippen molar-refractivity contribution in [3.63, 3.8) is 0 Å². The van der Waals surface area contributed by atoms with Crippen molar-refractivity contribution < 1.29 is 22.3 Å². The van der Waals surface area contributed by atoms with Gasteiger partial charge in [0.2, 0.25) is 0 Å². The van der Waals surface area contributed by atoms with E-state index in [9.17, 15) is 17.6 Å². The van der Waals surface area contributed by atoms with Crippen molar-refractivity contribution in [2.24, 2.45) is 0 Å². The third-order valence-corrected chi connectivity index (χ3v) is 3.31. The molecule has 1 aromatic rings. The Kier molecular flexibility index (Phi) is 5.66. The van der Waals surface area contributed by atoms with Crippen LogP contribution < -0.4 is 15.4 Å². The molecule has 1 aromatic carbocycles. The summed E-state index contributed by atoms with van der Waals surface area (Å²) in [5.74, 6) is -1.71. The molecule has 1 fully saturated rings. The first-order valence-corrected chi connectivity index (χ1v) is 7.29. The first-order chi connectivity index (χ1) is 11.2. The van der Waals surface area contributed by atoms with Crippen LogP contribution in [0.1, 0.15) is 6.92 Å². The highest BCUT2D eigenvalue weighted by molar-refractivity contribution is 5.91. The maximum Gasteiger partial charge on any atom is 0.573 e. The van der Waals surface area contributed by atoms with Crippen molar-refractivity contribution in [3.8, 4) is 5.75 Å². The summed E-state index contributed by atoms with van der Waals surface area (Å²) < 4.78 is 53.7. The zero-order chi connectivity index (χ0) is 17.7. The second kappa shape index (κ2) is 7.52. The molecule has 1 aliphatic rings. The maximum atomic E-state index is 13.4. The molecule has 0 amide bonds. The van der Waals surface area contributed by atoms with E-state index in [-0.39, 0.29) is 5.69 Å². The molecule has 1 aliphatic heterocycles. The Morgan fingerprint density at radius 3 is 2.62 bits per heavy atom. The smallest absolute Gasteiger partial charge is 0.403 e. The Morgan fingerprint density at radius 2 is 2.00 bits per heavy atom. The molecule has 9 heteroatoms. The monoisotopic (exact) mass is 346 g/mol. The van der Waals surface area contributed by atoms with E-state index >= 15 is 0 Å². The van der Waals surface area contributed by atoms with Gasteiger partial charge in [0.15, 0.2) is 11.6 Å². The van der Waals surface area contributed by atoms with Crippen molar-refractivity contribution in [3.05, 3.63) is 35.8 Å². The summed E-state index contributed by atoms with van der Waals surface area (Å²) in [5, 5.41) is 14.0. The summed E-state index contributed by atoms with van der Waals surface area (Å²) in [6, 6.07) is 3.11. The van der Waals surface area contributed by atoms with E-state index in [1.54, 1.807) is 13.0 Å². The molecular weight excluding hydrogens is 328 g/mol. The van der Waals surface area contributed by atoms with E-state index in [4.69, 9.17) is 5.41 Å². The number of rotatable bonds is 4. The lowest BCUT2D eigenvalue weighted by Crippen LogP contribution is -2.45. The van der Waals surface area contributed by atoms with Crippen LogP contribution in [0.5, 0.6) is 5.75 Å². The predicted molar refractivity (Wildman–Crippen MR) is 82.6 cm³/mol. The Bertz CT molecular complexity index is 624. The minimum atomic E-state index is -4.96. The van der Waals surface area contributed by atoms with Crippen LogP contribution in [0.4, 0.5) is 23.2 Å². The number of hydrogen-bond acceptors (Lipinski definition) is 4. The number of ether oxygens (including phenoxy) is 1. The number of allylic oxidation sites excluding steroid dienone is 1. The van der Waals surface area contributed by atoms with Gasteiger partial charge in [0.1, 0.15) is 5.84 Å². The summed E-state index contributed by atoms with van der Waals surface area (Å²) >= 11 is 0. The molecule has 0 bridgehead atoms. The van der Waals surface area contributed by atoms with E-state index in [0.717, 1.165) is 25.2 Å². The van der Waals surface area contributed by atoms with Gasteiger partial charge in [-0.15, -0.1) is 13.2 Å². The fraction of sp³-hybridized carbons (Fsp3) is 0.400. The van der Waals surface area contributed by atoms with Crippen LogP contribution in [0, 0.1) is 11.2 Å². The van der Waals surface area contributed by atoms with Crippen LogP contribution in [0.2, 0.25) is 0 Å². The molecule has 1 saturated heterocycles. The summed E-state index contributed by atoms with van der Waals surface area (Å²) in [5.41, 5.74) is 0.778. The number of anilines is 1. The van der Waals surface area contributed by atoms with Crippen molar-refractivity contribution in [2.75, 3.05) is 31.5 Å². The molecule has 5 nitrogen and oxygen atoms in total. The molecule has 0 radical (unpaired) electrons. The van der Waals surface area contributed by atoms with Gasteiger partial charge in [-0.05, 0) is 25.1 Å². The number of nitrogens with zero attached hydrogens (tertiary/aromatic N) is 1. The van der Waals surface area contributed by atoms with Crippen LogP contribution in [0.3, 0.4) is 0 Å². The summed E-state index contributed by atoms with van der Waals surface area (Å²) in [6.45, 7) is 4.67. The van der Waals surface area contributed by atoms with Gasteiger partial charge >= 0.3 is 6.36 Å². The van der Waals surface area contributed by atoms with Gasteiger partial charge in [0.25, 0.3) is 0 Å². The fourth-order valence-corrected chi connectivity index (χ4v) is 2.25. The van der Waals surface area contributed by atoms with Gasteiger partial charge in [-0.2, -0.15) is 0 Å². The second-order valence-corrected chi connectivity index (χ2v) is 5.27. The highest BCUT2D eigenvalue weighted by Crippen LogP contribution is 2.28. The molecule has 0 spiro atoms. The number of halogens is 4. The van der Waals surface area contributed by atoms with Gasteiger partial charge < -0.3 is 20.3 Å². The van der Waals surface area contributed by atoms with Crippen molar-refractivity contribution in [2.45, 2.75) is 13.3 Å². The van der Waals surface area contributed by atoms with Crippen LogP contribution in [0.25, 0.3) is 0 Å². The fourth-order valence-electron chi connectivity index (χ4n) is 2.25. The number of alkyl halides is 3. The topological polar surface area (TPSA) is 60.4 Å². The van der Waals surface area contributed by atoms with Crippen LogP contribution in [0.15, 0.2) is 30.0 Å². The second-order valence-electron chi connectivity index (χ2n) is 5.27. The predicted octanol–water partition coefficient (Wildman–Crippen LogP) is 2.92. The number of benzene rings is 1. The third-order valence-electron chi connectivity index (χ3n) is 3.31. The molecule has 1 heterocycles. The van der Waals surface area contributed by atoms with Gasteiger partial charge in [-0.25, -0.2) is 4.39 Å². The lowest BCUT2D eigenvalue weighted by Gasteiger charge is -2.28. The van der Waals surface area contributed by atoms with Gasteiger partial charge in [0, 0.05) is 43.6 Å². The normalized spacial score (nSPS) is 16.0. The lowest BCUT2D eigenvalue weighted by molar-refractivity contribution is -0.275. The zero-order valence-electron chi connectivity index (χ0n) is 13.0. The first kappa shape index (κ1) is 18.1. The quantitative estimate of drug-likeness (QED) is 0.446. The molecule has 0 aliphatic carbocycles. The maximum absolute atomic E-state index is 13.4. The SMILES string of the molecule is C/C(=C/C(=N)N1CCNCC1)Nc1ccc(F)c(OC(F)(F)F)c1. The Morgan fingerprint density at radius 1 is 1.33 bits per heavy atom. The molecule has 2 rings (SSSR count). The lowest BCUT2D eigenvalue weighted by atomic mass is 10.2. The van der Waals surface area contributed by atoms with Gasteiger partial charge in [0.05, 0.1) is 0 Å². The van der Waals surface area contributed by atoms with Crippen molar-refractivity contribution in [1.82, 2.24) is 10.2 Å². The Labute approximate surface area is 136 Å². The summed E-state index contributed by atoms with van der Waals surface area (Å²) in [7, 11) is 0. The van der Waals surface area contributed by atoms with Crippen LogP contribution >= 0.6 is 0 Å². The minimum absolute atomic E-state index is 0.234. The molecular formula is C15H18F4N4O. The first-order valence-electron chi connectivity index (χ1n) is 7.29. The average molecular weight is 346 g/mol. The zero-order valence-corrected chi connectivity index (χ0v) is 13.0. The largest absolute Gasteiger partial charge is 0.573 e. The average Bonchev–Trinajstić information content (AvgIpc) is 2.50. The highest BCUT2D eigenvalue weighted by atomic mass is 19.4. The van der Waals surface area contributed by atoms with Crippen LogP contribution in [-0.4, -0.2) is 43.3 Å². The molecule has 3 N–H and O–H groups in total. The van der Waals surface area contributed by atoms with Gasteiger partial charge in [-0.3, -0.25) is 5.41 Å². The molecule has 0 saturated carbocycles. The molecule has 0 atom stereocenters. The summed E-state index contributed by atoms with van der Waals surface area (Å²) in [4.78, 5) is 1.88. The van der Waals surface area contributed by atoms with E-state index in [0.29, 0.717) is 24.6 Å². The van der Waals surface area contributed by atoms with Crippen molar-refractivity contribution >= 4 is 11.5 Å². The molecule has 0 aromatic heterocycles. The standard InChI is InChI=1S/C15H18F4N4O/c1-10(8-14(20)23-6-4-21-5-7-23)22-11-2-3-12(16)13(9-11)24-15(17,18)19/h2-3,8-9,20-22H,4-7H2,1H3/b10-8-,20-14?. The number of piperazine rings is 1. The number of hydrogen-bond donors (Lipinski definition) is 3. The Hall–Kier alpha value is -2.29. The van der Waals surface area contributed by atoms with E-state index in [1.807, 2.05) is 4.90 Å². The van der Waals surface area contributed by atoms with E-state index in [1.165, 1.54) is 6.07 Å².